The number of carbonyl (C=O) groups is 1. The predicted octanol–water partition coefficient (Wildman–Crippen LogP) is 2.67. The summed E-state index contributed by atoms with van der Waals surface area (Å²) in [5, 5.41) is 3.12. The zero-order chi connectivity index (χ0) is 15.3. The number of hydrogen-bond acceptors (Lipinski definition) is 3. The highest BCUT2D eigenvalue weighted by molar-refractivity contribution is 9.10. The van der Waals surface area contributed by atoms with Crippen LogP contribution in [0.3, 0.4) is 0 Å². The third-order valence-corrected chi connectivity index (χ3v) is 4.62. The Morgan fingerprint density at radius 1 is 1.45 bits per heavy atom. The quantitative estimate of drug-likeness (QED) is 0.811. The zero-order valence-corrected chi connectivity index (χ0v) is 15.2. The van der Waals surface area contributed by atoms with Crippen LogP contribution in [0.4, 0.5) is 0 Å². The van der Waals surface area contributed by atoms with E-state index < -0.39 is 5.41 Å². The third-order valence-electron chi connectivity index (χ3n) is 4.13. The lowest BCUT2D eigenvalue weighted by Crippen LogP contribution is -2.51. The number of rotatable bonds is 5. The smallest absolute Gasteiger partial charge is 0.227 e. The molecule has 4 nitrogen and oxygen atoms in total. The molecule has 6 heteroatoms. The average molecular weight is 392 g/mol. The summed E-state index contributed by atoms with van der Waals surface area (Å²) in [5.41, 5.74) is 6.61. The van der Waals surface area contributed by atoms with Gasteiger partial charge in [-0.1, -0.05) is 28.1 Å². The van der Waals surface area contributed by atoms with E-state index >= 15 is 0 Å². The molecule has 1 fully saturated rings. The van der Waals surface area contributed by atoms with Crippen molar-refractivity contribution in [2.45, 2.75) is 32.2 Å². The van der Waals surface area contributed by atoms with Gasteiger partial charge in [0.05, 0.1) is 5.41 Å². The zero-order valence-electron chi connectivity index (χ0n) is 12.8. The van der Waals surface area contributed by atoms with Gasteiger partial charge in [-0.25, -0.2) is 0 Å². The summed E-state index contributed by atoms with van der Waals surface area (Å²) in [5.74, 6) is 0.0656. The maximum absolute atomic E-state index is 12.6. The fourth-order valence-electron chi connectivity index (χ4n) is 2.73. The van der Waals surface area contributed by atoms with Crippen molar-refractivity contribution in [2.24, 2.45) is 11.1 Å². The molecule has 1 aliphatic heterocycles. The van der Waals surface area contributed by atoms with E-state index in [2.05, 4.69) is 33.4 Å². The van der Waals surface area contributed by atoms with E-state index in [1.54, 1.807) is 0 Å². The Kier molecular flexibility index (Phi) is 7.83. The first-order valence-electron chi connectivity index (χ1n) is 7.39. The van der Waals surface area contributed by atoms with E-state index in [0.717, 1.165) is 10.9 Å². The van der Waals surface area contributed by atoms with Crippen molar-refractivity contribution in [1.82, 2.24) is 5.32 Å². The van der Waals surface area contributed by atoms with Crippen LogP contribution in [0.15, 0.2) is 28.7 Å². The van der Waals surface area contributed by atoms with E-state index in [1.807, 2.05) is 19.1 Å². The second-order valence-electron chi connectivity index (χ2n) is 5.81. The Balaban J connectivity index is 0.00000242. The van der Waals surface area contributed by atoms with Gasteiger partial charge < -0.3 is 15.8 Å². The van der Waals surface area contributed by atoms with Crippen molar-refractivity contribution < 1.29 is 9.53 Å². The molecule has 0 bridgehead atoms. The fraction of sp³-hybridized carbons (Fsp3) is 0.562. The summed E-state index contributed by atoms with van der Waals surface area (Å²) < 4.78 is 6.41. The summed E-state index contributed by atoms with van der Waals surface area (Å²) in [4.78, 5) is 12.6. The highest BCUT2D eigenvalue weighted by Crippen LogP contribution is 2.29. The third kappa shape index (κ3) is 4.95. The molecule has 0 radical (unpaired) electrons. The molecule has 22 heavy (non-hydrogen) atoms. The van der Waals surface area contributed by atoms with Crippen LogP contribution in [0, 0.1) is 5.41 Å². The molecular formula is C16H24BrClN2O2. The molecule has 0 aromatic heterocycles. The summed E-state index contributed by atoms with van der Waals surface area (Å²) in [6.45, 7) is 3.64. The highest BCUT2D eigenvalue weighted by Gasteiger charge is 2.39. The largest absolute Gasteiger partial charge is 0.381 e. The summed E-state index contributed by atoms with van der Waals surface area (Å²) in [6, 6.07) is 8.24. The molecule has 1 aliphatic rings. The van der Waals surface area contributed by atoms with E-state index in [-0.39, 0.29) is 24.4 Å². The molecule has 1 aromatic rings. The average Bonchev–Trinajstić information content (AvgIpc) is 2.47. The second-order valence-corrected chi connectivity index (χ2v) is 6.72. The first-order chi connectivity index (χ1) is 10.1. The van der Waals surface area contributed by atoms with Crippen LogP contribution in [-0.2, 0) is 16.0 Å². The number of nitrogens with one attached hydrogen (secondary N) is 1. The number of amides is 1. The maximum Gasteiger partial charge on any atom is 0.227 e. The van der Waals surface area contributed by atoms with E-state index in [0.29, 0.717) is 32.6 Å². The predicted molar refractivity (Wildman–Crippen MR) is 94.2 cm³/mol. The van der Waals surface area contributed by atoms with E-state index in [1.165, 1.54) is 5.56 Å². The van der Waals surface area contributed by atoms with Gasteiger partial charge in [0.25, 0.3) is 0 Å². The monoisotopic (exact) mass is 390 g/mol. The maximum atomic E-state index is 12.6. The number of nitrogens with two attached hydrogens (primary N) is 1. The standard InChI is InChI=1S/C16H23BrN2O2.ClH/c1-12(9-13-3-2-4-14(17)10-13)19-15(20)16(11-18)5-7-21-8-6-16;/h2-4,10,12H,5-9,11,18H2,1H3,(H,19,20);1H. The Bertz CT molecular complexity index is 493. The minimum atomic E-state index is -0.455. The van der Waals surface area contributed by atoms with Crippen LogP contribution < -0.4 is 11.1 Å². The SMILES string of the molecule is CC(Cc1cccc(Br)c1)NC(=O)C1(CN)CCOCC1.Cl. The Hall–Kier alpha value is -0.620. The number of hydrogen-bond donors (Lipinski definition) is 2. The fourth-order valence-corrected chi connectivity index (χ4v) is 3.18. The van der Waals surface area contributed by atoms with Crippen molar-refractivity contribution in [1.29, 1.82) is 0 Å². The molecule has 1 heterocycles. The molecule has 0 saturated carbocycles. The van der Waals surface area contributed by atoms with Crippen molar-refractivity contribution >= 4 is 34.2 Å². The lowest BCUT2D eigenvalue weighted by Gasteiger charge is -2.35. The van der Waals surface area contributed by atoms with Gasteiger partial charge >= 0.3 is 0 Å². The molecule has 1 saturated heterocycles. The number of halogens is 2. The molecule has 0 aliphatic carbocycles. The molecule has 1 atom stereocenters. The van der Waals surface area contributed by atoms with Gasteiger partial charge in [0.15, 0.2) is 0 Å². The first-order valence-corrected chi connectivity index (χ1v) is 8.18. The summed E-state index contributed by atoms with van der Waals surface area (Å²) >= 11 is 3.47. The van der Waals surface area contributed by atoms with Crippen molar-refractivity contribution in [3.8, 4) is 0 Å². The van der Waals surface area contributed by atoms with Gasteiger partial charge in [0.1, 0.15) is 0 Å². The van der Waals surface area contributed by atoms with Gasteiger partial charge in [-0.2, -0.15) is 0 Å². The normalized spacial score (nSPS) is 18.1. The van der Waals surface area contributed by atoms with Gasteiger partial charge in [0.2, 0.25) is 5.91 Å². The minimum Gasteiger partial charge on any atom is -0.381 e. The highest BCUT2D eigenvalue weighted by atomic mass is 79.9. The Labute approximate surface area is 146 Å². The topological polar surface area (TPSA) is 64.4 Å². The molecular weight excluding hydrogens is 368 g/mol. The minimum absolute atomic E-state index is 0. The molecule has 1 aromatic carbocycles. The second kappa shape index (κ2) is 8.87. The van der Waals surface area contributed by atoms with Gasteiger partial charge in [-0.3, -0.25) is 4.79 Å². The van der Waals surface area contributed by atoms with Gasteiger partial charge in [-0.05, 0) is 43.9 Å². The van der Waals surface area contributed by atoms with Crippen molar-refractivity contribution in [2.75, 3.05) is 19.8 Å². The number of ether oxygens (including phenoxy) is 1. The lowest BCUT2D eigenvalue weighted by molar-refractivity contribution is -0.136. The van der Waals surface area contributed by atoms with E-state index in [9.17, 15) is 4.79 Å². The van der Waals surface area contributed by atoms with Crippen LogP contribution >= 0.6 is 28.3 Å². The summed E-state index contributed by atoms with van der Waals surface area (Å²) in [6.07, 6.45) is 2.22. The molecule has 124 valence electrons. The van der Waals surface area contributed by atoms with Gasteiger partial charge in [-0.15, -0.1) is 12.4 Å². The van der Waals surface area contributed by atoms with Crippen LogP contribution in [0.5, 0.6) is 0 Å². The lowest BCUT2D eigenvalue weighted by atomic mass is 9.79. The molecule has 1 unspecified atom stereocenters. The first kappa shape index (κ1) is 19.4. The Morgan fingerprint density at radius 2 is 2.14 bits per heavy atom. The van der Waals surface area contributed by atoms with Crippen LogP contribution in [0.25, 0.3) is 0 Å². The van der Waals surface area contributed by atoms with Crippen LogP contribution in [0.1, 0.15) is 25.3 Å². The summed E-state index contributed by atoms with van der Waals surface area (Å²) in [7, 11) is 0. The molecule has 0 spiro atoms. The van der Waals surface area contributed by atoms with Crippen molar-refractivity contribution in [3.63, 3.8) is 0 Å². The van der Waals surface area contributed by atoms with E-state index in [4.69, 9.17) is 10.5 Å². The van der Waals surface area contributed by atoms with Crippen LogP contribution in [0.2, 0.25) is 0 Å². The number of benzene rings is 1. The van der Waals surface area contributed by atoms with Gasteiger partial charge in [0, 0.05) is 30.3 Å². The number of carbonyl (C=O) groups excluding carboxylic acids is 1. The van der Waals surface area contributed by atoms with Crippen molar-refractivity contribution in [3.05, 3.63) is 34.3 Å². The molecule has 3 N–H and O–H groups in total. The molecule has 2 rings (SSSR count). The molecule has 1 amide bonds. The van der Waals surface area contributed by atoms with Crippen LogP contribution in [-0.4, -0.2) is 31.7 Å². The Morgan fingerprint density at radius 3 is 2.73 bits per heavy atom.